The van der Waals surface area contributed by atoms with E-state index in [1.807, 2.05) is 0 Å². The summed E-state index contributed by atoms with van der Waals surface area (Å²) >= 11 is 0. The zero-order chi connectivity index (χ0) is 13.1. The van der Waals surface area contributed by atoms with Gasteiger partial charge < -0.3 is 5.11 Å². The van der Waals surface area contributed by atoms with E-state index in [0.29, 0.717) is 12.0 Å². The van der Waals surface area contributed by atoms with Gasteiger partial charge in [0.15, 0.2) is 0 Å². The Hall–Kier alpha value is -0.860. The number of benzene rings is 1. The molecule has 18 heavy (non-hydrogen) atoms. The first-order valence-electron chi connectivity index (χ1n) is 7.10. The highest BCUT2D eigenvalue weighted by Crippen LogP contribution is 2.23. The molecule has 100 valence electrons. The molecule has 1 aromatic rings. The van der Waals surface area contributed by atoms with Gasteiger partial charge in [-0.15, -0.1) is 0 Å². The van der Waals surface area contributed by atoms with Crippen LogP contribution in [0.2, 0.25) is 0 Å². The molecule has 1 aromatic carbocycles. The summed E-state index contributed by atoms with van der Waals surface area (Å²) in [4.78, 5) is 2.39. The zero-order valence-corrected chi connectivity index (χ0v) is 11.8. The minimum absolute atomic E-state index is 0.355. The first kappa shape index (κ1) is 13.6. The standard InChI is InChI=1S/C16H25NO/c1-12(2)14-6-8-15(9-7-14)16(18)11-17-10-4-5-13(17)3/h6-9,12-13,16,18H,4-5,10-11H2,1-3H3. The molecular formula is C16H25NO. The van der Waals surface area contributed by atoms with E-state index in [9.17, 15) is 5.11 Å². The van der Waals surface area contributed by atoms with E-state index in [2.05, 4.69) is 49.9 Å². The smallest absolute Gasteiger partial charge is 0.0917 e. The van der Waals surface area contributed by atoms with Gasteiger partial charge in [0.2, 0.25) is 0 Å². The maximum absolute atomic E-state index is 10.3. The number of likely N-dealkylation sites (tertiary alicyclic amines) is 1. The molecule has 1 heterocycles. The van der Waals surface area contributed by atoms with Gasteiger partial charge in [-0.3, -0.25) is 4.90 Å². The highest BCUT2D eigenvalue weighted by atomic mass is 16.3. The third-order valence-electron chi connectivity index (χ3n) is 4.09. The first-order chi connectivity index (χ1) is 8.58. The molecule has 1 N–H and O–H groups in total. The molecule has 1 aliphatic rings. The summed E-state index contributed by atoms with van der Waals surface area (Å²) in [6, 6.07) is 9.03. The Labute approximate surface area is 111 Å². The van der Waals surface area contributed by atoms with Crippen LogP contribution in [0.5, 0.6) is 0 Å². The van der Waals surface area contributed by atoms with Gasteiger partial charge in [0.05, 0.1) is 6.10 Å². The average Bonchev–Trinajstić information content (AvgIpc) is 2.75. The highest BCUT2D eigenvalue weighted by Gasteiger charge is 2.22. The fourth-order valence-corrected chi connectivity index (χ4v) is 2.69. The van der Waals surface area contributed by atoms with Crippen LogP contribution in [-0.2, 0) is 0 Å². The number of nitrogens with zero attached hydrogens (tertiary/aromatic N) is 1. The van der Waals surface area contributed by atoms with Crippen LogP contribution >= 0.6 is 0 Å². The summed E-state index contributed by atoms with van der Waals surface area (Å²) in [6.45, 7) is 8.53. The van der Waals surface area contributed by atoms with Gasteiger partial charge in [-0.25, -0.2) is 0 Å². The lowest BCUT2D eigenvalue weighted by atomic mass is 10.00. The van der Waals surface area contributed by atoms with Crippen molar-refractivity contribution in [2.75, 3.05) is 13.1 Å². The van der Waals surface area contributed by atoms with Crippen molar-refractivity contribution in [1.82, 2.24) is 4.90 Å². The second-order valence-electron chi connectivity index (χ2n) is 5.82. The van der Waals surface area contributed by atoms with Crippen LogP contribution in [0.4, 0.5) is 0 Å². The summed E-state index contributed by atoms with van der Waals surface area (Å²) in [5.41, 5.74) is 2.37. The van der Waals surface area contributed by atoms with Crippen LogP contribution in [-0.4, -0.2) is 29.1 Å². The zero-order valence-electron chi connectivity index (χ0n) is 11.8. The molecule has 2 atom stereocenters. The Morgan fingerprint density at radius 2 is 1.83 bits per heavy atom. The highest BCUT2D eigenvalue weighted by molar-refractivity contribution is 5.26. The van der Waals surface area contributed by atoms with E-state index >= 15 is 0 Å². The number of hydrogen-bond acceptors (Lipinski definition) is 2. The average molecular weight is 247 g/mol. The van der Waals surface area contributed by atoms with E-state index in [1.165, 1.54) is 18.4 Å². The minimum atomic E-state index is -0.355. The van der Waals surface area contributed by atoms with Crippen molar-refractivity contribution in [3.63, 3.8) is 0 Å². The maximum Gasteiger partial charge on any atom is 0.0917 e. The lowest BCUT2D eigenvalue weighted by Crippen LogP contribution is -2.31. The van der Waals surface area contributed by atoms with Crippen LogP contribution in [0.15, 0.2) is 24.3 Å². The predicted octanol–water partition coefficient (Wildman–Crippen LogP) is 3.33. The van der Waals surface area contributed by atoms with E-state index < -0.39 is 0 Å². The van der Waals surface area contributed by atoms with Crippen LogP contribution in [0.25, 0.3) is 0 Å². The summed E-state index contributed by atoms with van der Waals surface area (Å²) in [6.07, 6.45) is 2.17. The molecule has 0 aliphatic carbocycles. The first-order valence-corrected chi connectivity index (χ1v) is 7.10. The Bertz CT molecular complexity index is 371. The molecule has 0 bridgehead atoms. The predicted molar refractivity (Wildman–Crippen MR) is 75.8 cm³/mol. The fourth-order valence-electron chi connectivity index (χ4n) is 2.69. The molecule has 0 aromatic heterocycles. The van der Waals surface area contributed by atoms with Crippen molar-refractivity contribution in [2.24, 2.45) is 0 Å². The molecule has 0 saturated carbocycles. The Morgan fingerprint density at radius 1 is 1.22 bits per heavy atom. The van der Waals surface area contributed by atoms with Gasteiger partial charge in [-0.05, 0) is 43.4 Å². The normalized spacial score (nSPS) is 22.6. The Kier molecular flexibility index (Phi) is 4.41. The fraction of sp³-hybridized carbons (Fsp3) is 0.625. The van der Waals surface area contributed by atoms with E-state index in [4.69, 9.17) is 0 Å². The quantitative estimate of drug-likeness (QED) is 0.882. The van der Waals surface area contributed by atoms with Gasteiger partial charge in [0, 0.05) is 12.6 Å². The van der Waals surface area contributed by atoms with Crippen LogP contribution in [0.3, 0.4) is 0 Å². The Balaban J connectivity index is 1.98. The van der Waals surface area contributed by atoms with Crippen molar-refractivity contribution >= 4 is 0 Å². The van der Waals surface area contributed by atoms with Gasteiger partial charge in [-0.2, -0.15) is 0 Å². The number of aliphatic hydroxyl groups excluding tert-OH is 1. The van der Waals surface area contributed by atoms with Gasteiger partial charge >= 0.3 is 0 Å². The van der Waals surface area contributed by atoms with Gasteiger partial charge in [0.1, 0.15) is 0 Å². The molecule has 2 heteroatoms. The molecule has 2 nitrogen and oxygen atoms in total. The summed E-state index contributed by atoms with van der Waals surface area (Å²) in [5, 5.41) is 10.3. The van der Waals surface area contributed by atoms with Crippen molar-refractivity contribution in [1.29, 1.82) is 0 Å². The number of rotatable bonds is 4. The second-order valence-corrected chi connectivity index (χ2v) is 5.82. The van der Waals surface area contributed by atoms with Crippen LogP contribution in [0, 0.1) is 0 Å². The number of aliphatic hydroxyl groups is 1. The summed E-state index contributed by atoms with van der Waals surface area (Å²) < 4.78 is 0. The molecule has 1 aliphatic heterocycles. The van der Waals surface area contributed by atoms with Crippen LogP contribution < -0.4 is 0 Å². The second kappa shape index (κ2) is 5.85. The minimum Gasteiger partial charge on any atom is -0.387 e. The summed E-state index contributed by atoms with van der Waals surface area (Å²) in [5.74, 6) is 0.551. The lowest BCUT2D eigenvalue weighted by Gasteiger charge is -2.24. The third kappa shape index (κ3) is 3.12. The van der Waals surface area contributed by atoms with E-state index in [-0.39, 0.29) is 6.10 Å². The molecule has 2 unspecified atom stereocenters. The number of hydrogen-bond donors (Lipinski definition) is 1. The molecule has 0 radical (unpaired) electrons. The van der Waals surface area contributed by atoms with Crippen molar-refractivity contribution in [3.8, 4) is 0 Å². The number of β-amino-alcohol motifs (C(OH)–C–C–N with tert-alkyl or cyclic N) is 1. The van der Waals surface area contributed by atoms with E-state index in [1.54, 1.807) is 0 Å². The van der Waals surface area contributed by atoms with Crippen molar-refractivity contribution < 1.29 is 5.11 Å². The van der Waals surface area contributed by atoms with Crippen molar-refractivity contribution in [3.05, 3.63) is 35.4 Å². The van der Waals surface area contributed by atoms with E-state index in [0.717, 1.165) is 18.7 Å². The third-order valence-corrected chi connectivity index (χ3v) is 4.09. The lowest BCUT2D eigenvalue weighted by molar-refractivity contribution is 0.110. The maximum atomic E-state index is 10.3. The van der Waals surface area contributed by atoms with Gasteiger partial charge in [0.25, 0.3) is 0 Å². The molecular weight excluding hydrogens is 222 g/mol. The van der Waals surface area contributed by atoms with Crippen molar-refractivity contribution in [2.45, 2.75) is 51.7 Å². The molecule has 1 fully saturated rings. The topological polar surface area (TPSA) is 23.5 Å². The molecule has 1 saturated heterocycles. The largest absolute Gasteiger partial charge is 0.387 e. The molecule has 0 amide bonds. The molecule has 0 spiro atoms. The Morgan fingerprint density at radius 3 is 2.33 bits per heavy atom. The van der Waals surface area contributed by atoms with Crippen LogP contribution in [0.1, 0.15) is 56.8 Å². The SMILES string of the molecule is CC(C)c1ccc(C(O)CN2CCCC2C)cc1. The monoisotopic (exact) mass is 247 g/mol. The molecule has 2 rings (SSSR count). The summed E-state index contributed by atoms with van der Waals surface area (Å²) in [7, 11) is 0. The van der Waals surface area contributed by atoms with Gasteiger partial charge in [-0.1, -0.05) is 38.1 Å².